The van der Waals surface area contributed by atoms with Crippen molar-refractivity contribution in [3.8, 4) is 0 Å². The standard InChI is InChI=1S/C12H21NO2/c14-12(13-8-2-1-3-9-13)7-6-11-5-4-10-15-11/h11H,1-10H2. The van der Waals surface area contributed by atoms with Crippen molar-refractivity contribution in [3.05, 3.63) is 0 Å². The molecule has 0 aliphatic carbocycles. The molecule has 0 spiro atoms. The van der Waals surface area contributed by atoms with Crippen LogP contribution in [-0.2, 0) is 9.53 Å². The molecular weight excluding hydrogens is 190 g/mol. The molecule has 0 bridgehead atoms. The maximum Gasteiger partial charge on any atom is 0.222 e. The van der Waals surface area contributed by atoms with Crippen LogP contribution < -0.4 is 0 Å². The number of carbonyl (C=O) groups is 1. The molecule has 2 heterocycles. The van der Waals surface area contributed by atoms with E-state index in [0.717, 1.165) is 32.5 Å². The molecule has 2 aliphatic heterocycles. The Balaban J connectivity index is 1.66. The monoisotopic (exact) mass is 211 g/mol. The lowest BCUT2D eigenvalue weighted by Crippen LogP contribution is -2.35. The lowest BCUT2D eigenvalue weighted by Gasteiger charge is -2.27. The van der Waals surface area contributed by atoms with E-state index < -0.39 is 0 Å². The number of carbonyl (C=O) groups excluding carboxylic acids is 1. The summed E-state index contributed by atoms with van der Waals surface area (Å²) < 4.78 is 5.52. The van der Waals surface area contributed by atoms with Gasteiger partial charge in [0.25, 0.3) is 0 Å². The van der Waals surface area contributed by atoms with E-state index in [1.807, 2.05) is 4.90 Å². The lowest BCUT2D eigenvalue weighted by atomic mass is 10.1. The van der Waals surface area contributed by atoms with Crippen LogP contribution in [0.3, 0.4) is 0 Å². The maximum atomic E-state index is 11.8. The maximum absolute atomic E-state index is 11.8. The molecule has 1 unspecified atom stereocenters. The van der Waals surface area contributed by atoms with Gasteiger partial charge in [-0.3, -0.25) is 4.79 Å². The third-order valence-corrected chi connectivity index (χ3v) is 3.41. The Kier molecular flexibility index (Phi) is 4.01. The summed E-state index contributed by atoms with van der Waals surface area (Å²) in [5.41, 5.74) is 0. The topological polar surface area (TPSA) is 29.5 Å². The van der Waals surface area contributed by atoms with E-state index >= 15 is 0 Å². The van der Waals surface area contributed by atoms with Gasteiger partial charge >= 0.3 is 0 Å². The first kappa shape index (κ1) is 10.9. The molecule has 2 fully saturated rings. The lowest BCUT2D eigenvalue weighted by molar-refractivity contribution is -0.132. The fourth-order valence-electron chi connectivity index (χ4n) is 2.46. The second kappa shape index (κ2) is 5.50. The van der Waals surface area contributed by atoms with Gasteiger partial charge in [0.1, 0.15) is 0 Å². The van der Waals surface area contributed by atoms with Crippen molar-refractivity contribution in [1.82, 2.24) is 4.90 Å². The number of hydrogen-bond acceptors (Lipinski definition) is 2. The van der Waals surface area contributed by atoms with Crippen LogP contribution in [-0.4, -0.2) is 36.6 Å². The minimum Gasteiger partial charge on any atom is -0.378 e. The summed E-state index contributed by atoms with van der Waals surface area (Å²) in [5, 5.41) is 0. The fourth-order valence-corrected chi connectivity index (χ4v) is 2.46. The normalized spacial score (nSPS) is 26.9. The summed E-state index contributed by atoms with van der Waals surface area (Å²) in [7, 11) is 0. The Morgan fingerprint density at radius 1 is 1.20 bits per heavy atom. The molecule has 0 saturated carbocycles. The Morgan fingerprint density at radius 2 is 2.00 bits per heavy atom. The van der Waals surface area contributed by atoms with Crippen molar-refractivity contribution in [3.63, 3.8) is 0 Å². The summed E-state index contributed by atoms with van der Waals surface area (Å²) >= 11 is 0. The van der Waals surface area contributed by atoms with E-state index in [-0.39, 0.29) is 0 Å². The number of ether oxygens (including phenoxy) is 1. The largest absolute Gasteiger partial charge is 0.378 e. The van der Waals surface area contributed by atoms with Crippen LogP contribution >= 0.6 is 0 Å². The second-order valence-electron chi connectivity index (χ2n) is 4.62. The molecule has 0 aromatic rings. The molecule has 3 nitrogen and oxygen atoms in total. The van der Waals surface area contributed by atoms with Crippen LogP contribution in [0.2, 0.25) is 0 Å². The zero-order valence-corrected chi connectivity index (χ0v) is 9.41. The Labute approximate surface area is 91.8 Å². The Morgan fingerprint density at radius 3 is 2.67 bits per heavy atom. The number of hydrogen-bond donors (Lipinski definition) is 0. The highest BCUT2D eigenvalue weighted by Gasteiger charge is 2.20. The number of piperidine rings is 1. The van der Waals surface area contributed by atoms with Gasteiger partial charge in [-0.15, -0.1) is 0 Å². The van der Waals surface area contributed by atoms with E-state index in [9.17, 15) is 4.79 Å². The number of likely N-dealkylation sites (tertiary alicyclic amines) is 1. The Bertz CT molecular complexity index is 206. The molecule has 1 amide bonds. The summed E-state index contributed by atoms with van der Waals surface area (Å²) in [5.74, 6) is 0.338. The van der Waals surface area contributed by atoms with Crippen LogP contribution in [0.25, 0.3) is 0 Å². The second-order valence-corrected chi connectivity index (χ2v) is 4.62. The Hall–Kier alpha value is -0.570. The summed E-state index contributed by atoms with van der Waals surface area (Å²) in [6.07, 6.45) is 7.95. The van der Waals surface area contributed by atoms with Crippen LogP contribution in [0.5, 0.6) is 0 Å². The fraction of sp³-hybridized carbons (Fsp3) is 0.917. The molecule has 86 valence electrons. The molecule has 0 aromatic heterocycles. The average Bonchev–Trinajstić information content (AvgIpc) is 2.80. The molecule has 2 aliphatic rings. The highest BCUT2D eigenvalue weighted by molar-refractivity contribution is 5.76. The van der Waals surface area contributed by atoms with Crippen molar-refractivity contribution in [2.45, 2.75) is 51.0 Å². The van der Waals surface area contributed by atoms with E-state index in [4.69, 9.17) is 4.74 Å². The van der Waals surface area contributed by atoms with Gasteiger partial charge in [-0.05, 0) is 38.5 Å². The molecule has 3 heteroatoms. The highest BCUT2D eigenvalue weighted by atomic mass is 16.5. The number of amides is 1. The molecule has 2 saturated heterocycles. The number of rotatable bonds is 3. The molecule has 15 heavy (non-hydrogen) atoms. The van der Waals surface area contributed by atoms with Crippen molar-refractivity contribution in [2.75, 3.05) is 19.7 Å². The van der Waals surface area contributed by atoms with Gasteiger partial charge in [-0.25, -0.2) is 0 Å². The van der Waals surface area contributed by atoms with Crippen LogP contribution in [0, 0.1) is 0 Å². The highest BCUT2D eigenvalue weighted by Crippen LogP contribution is 2.18. The van der Waals surface area contributed by atoms with E-state index in [2.05, 4.69) is 0 Å². The van der Waals surface area contributed by atoms with E-state index in [1.165, 1.54) is 25.7 Å². The minimum absolute atomic E-state index is 0.338. The van der Waals surface area contributed by atoms with Gasteiger partial charge < -0.3 is 9.64 Å². The quantitative estimate of drug-likeness (QED) is 0.714. The van der Waals surface area contributed by atoms with Gasteiger partial charge in [0.2, 0.25) is 5.91 Å². The van der Waals surface area contributed by atoms with Gasteiger partial charge in [-0.2, -0.15) is 0 Å². The predicted octanol–water partition coefficient (Wildman–Crippen LogP) is 1.96. The van der Waals surface area contributed by atoms with E-state index in [0.29, 0.717) is 18.4 Å². The number of nitrogens with zero attached hydrogens (tertiary/aromatic N) is 1. The van der Waals surface area contributed by atoms with Crippen LogP contribution in [0.15, 0.2) is 0 Å². The first-order valence-corrected chi connectivity index (χ1v) is 6.25. The minimum atomic E-state index is 0.338. The third-order valence-electron chi connectivity index (χ3n) is 3.41. The summed E-state index contributed by atoms with van der Waals surface area (Å²) in [6.45, 7) is 2.84. The summed E-state index contributed by atoms with van der Waals surface area (Å²) in [6, 6.07) is 0. The van der Waals surface area contributed by atoms with Crippen LogP contribution in [0.1, 0.15) is 44.9 Å². The third kappa shape index (κ3) is 3.20. The molecule has 0 radical (unpaired) electrons. The first-order valence-electron chi connectivity index (χ1n) is 6.25. The van der Waals surface area contributed by atoms with Crippen molar-refractivity contribution in [2.24, 2.45) is 0 Å². The smallest absolute Gasteiger partial charge is 0.222 e. The van der Waals surface area contributed by atoms with Gasteiger partial charge in [0.05, 0.1) is 6.10 Å². The van der Waals surface area contributed by atoms with Crippen molar-refractivity contribution >= 4 is 5.91 Å². The van der Waals surface area contributed by atoms with Crippen molar-refractivity contribution in [1.29, 1.82) is 0 Å². The summed E-state index contributed by atoms with van der Waals surface area (Å²) in [4.78, 5) is 13.9. The SMILES string of the molecule is O=C(CCC1CCCO1)N1CCCCC1. The van der Waals surface area contributed by atoms with E-state index in [1.54, 1.807) is 0 Å². The van der Waals surface area contributed by atoms with Crippen LogP contribution in [0.4, 0.5) is 0 Å². The predicted molar refractivity (Wildman–Crippen MR) is 58.6 cm³/mol. The van der Waals surface area contributed by atoms with Gasteiger partial charge in [0.15, 0.2) is 0 Å². The molecular formula is C12H21NO2. The molecule has 2 rings (SSSR count). The van der Waals surface area contributed by atoms with Gasteiger partial charge in [0, 0.05) is 26.1 Å². The molecule has 0 aromatic carbocycles. The zero-order chi connectivity index (χ0) is 10.5. The molecule has 1 atom stereocenters. The zero-order valence-electron chi connectivity index (χ0n) is 9.41. The molecule has 0 N–H and O–H groups in total. The first-order chi connectivity index (χ1) is 7.36. The van der Waals surface area contributed by atoms with Crippen molar-refractivity contribution < 1.29 is 9.53 Å². The average molecular weight is 211 g/mol. The van der Waals surface area contributed by atoms with Gasteiger partial charge in [-0.1, -0.05) is 0 Å².